The summed E-state index contributed by atoms with van der Waals surface area (Å²) in [5.74, 6) is -2.19. The molecule has 28 heavy (non-hydrogen) atoms. The summed E-state index contributed by atoms with van der Waals surface area (Å²) in [6, 6.07) is 0. The summed E-state index contributed by atoms with van der Waals surface area (Å²) >= 11 is 0. The molecule has 0 saturated carbocycles. The first-order valence-corrected chi connectivity index (χ1v) is 8.54. The van der Waals surface area contributed by atoms with Gasteiger partial charge in [0.05, 0.1) is 39.3 Å². The highest BCUT2D eigenvalue weighted by molar-refractivity contribution is 5.81. The summed E-state index contributed by atoms with van der Waals surface area (Å²) in [4.78, 5) is 44.4. The van der Waals surface area contributed by atoms with Crippen LogP contribution in [-0.4, -0.2) is 76.7 Å². The van der Waals surface area contributed by atoms with Crippen LogP contribution >= 0.6 is 0 Å². The van der Waals surface area contributed by atoms with E-state index in [0.717, 1.165) is 12.2 Å². The standard InChI is InChI=1S/C18H26O10/c1-3-15(19)25-11-7-23-9-13-27-17(21)5-6-18(22)28-14-10-24-8-12-26-16(20)4-2/h3-4H,1-2,5-14H2. The topological polar surface area (TPSA) is 124 Å². The second-order valence-corrected chi connectivity index (χ2v) is 4.91. The Morgan fingerprint density at radius 3 is 1.18 bits per heavy atom. The molecule has 0 atom stereocenters. The first kappa shape index (κ1) is 25.3. The van der Waals surface area contributed by atoms with Gasteiger partial charge in [-0.3, -0.25) is 9.59 Å². The average Bonchev–Trinajstić information content (AvgIpc) is 2.70. The summed E-state index contributed by atoms with van der Waals surface area (Å²) in [6.07, 6.45) is 1.86. The van der Waals surface area contributed by atoms with Gasteiger partial charge < -0.3 is 28.4 Å². The molecule has 0 aromatic carbocycles. The van der Waals surface area contributed by atoms with Gasteiger partial charge in [-0.1, -0.05) is 13.2 Å². The largest absolute Gasteiger partial charge is 0.463 e. The van der Waals surface area contributed by atoms with E-state index in [0.29, 0.717) is 0 Å². The van der Waals surface area contributed by atoms with Gasteiger partial charge in [0.2, 0.25) is 0 Å². The van der Waals surface area contributed by atoms with Gasteiger partial charge in [0.1, 0.15) is 26.4 Å². The van der Waals surface area contributed by atoms with Gasteiger partial charge in [-0.05, 0) is 0 Å². The monoisotopic (exact) mass is 402 g/mol. The van der Waals surface area contributed by atoms with E-state index in [1.54, 1.807) is 0 Å². The lowest BCUT2D eigenvalue weighted by Crippen LogP contribution is -2.16. The molecule has 0 heterocycles. The van der Waals surface area contributed by atoms with Crippen LogP contribution in [0.1, 0.15) is 12.8 Å². The minimum absolute atomic E-state index is 0.0214. The average molecular weight is 402 g/mol. The summed E-state index contributed by atoms with van der Waals surface area (Å²) in [6.45, 7) is 7.31. The second kappa shape index (κ2) is 17.7. The molecule has 0 aliphatic rings. The van der Waals surface area contributed by atoms with Crippen molar-refractivity contribution in [1.82, 2.24) is 0 Å². The third-order valence-corrected chi connectivity index (χ3v) is 2.79. The lowest BCUT2D eigenvalue weighted by molar-refractivity contribution is -0.152. The van der Waals surface area contributed by atoms with Crippen LogP contribution in [0.3, 0.4) is 0 Å². The van der Waals surface area contributed by atoms with Crippen LogP contribution in [-0.2, 0) is 47.6 Å². The van der Waals surface area contributed by atoms with Gasteiger partial charge in [-0.2, -0.15) is 0 Å². The molecule has 0 spiro atoms. The number of ether oxygens (including phenoxy) is 6. The Labute approximate surface area is 163 Å². The number of rotatable bonds is 17. The van der Waals surface area contributed by atoms with E-state index in [-0.39, 0.29) is 65.7 Å². The molecule has 10 nitrogen and oxygen atoms in total. The maximum absolute atomic E-state index is 11.5. The lowest BCUT2D eigenvalue weighted by atomic mass is 10.3. The van der Waals surface area contributed by atoms with E-state index in [1.807, 2.05) is 0 Å². The molecule has 0 aliphatic carbocycles. The Hall–Kier alpha value is -2.72. The molecular formula is C18H26O10. The van der Waals surface area contributed by atoms with Crippen molar-refractivity contribution in [2.45, 2.75) is 12.8 Å². The zero-order valence-corrected chi connectivity index (χ0v) is 15.7. The van der Waals surface area contributed by atoms with E-state index < -0.39 is 23.9 Å². The van der Waals surface area contributed by atoms with Gasteiger partial charge >= 0.3 is 23.9 Å². The third kappa shape index (κ3) is 16.7. The van der Waals surface area contributed by atoms with Crippen LogP contribution < -0.4 is 0 Å². The lowest BCUT2D eigenvalue weighted by Gasteiger charge is -2.07. The maximum Gasteiger partial charge on any atom is 0.330 e. The predicted molar refractivity (Wildman–Crippen MR) is 95.1 cm³/mol. The van der Waals surface area contributed by atoms with Crippen LogP contribution in [0.4, 0.5) is 0 Å². The first-order valence-electron chi connectivity index (χ1n) is 8.54. The molecule has 0 radical (unpaired) electrons. The van der Waals surface area contributed by atoms with Crippen LogP contribution in [0.25, 0.3) is 0 Å². The van der Waals surface area contributed by atoms with Crippen molar-refractivity contribution >= 4 is 23.9 Å². The number of carbonyl (C=O) groups excluding carboxylic acids is 4. The molecule has 0 bridgehead atoms. The van der Waals surface area contributed by atoms with Crippen molar-refractivity contribution in [1.29, 1.82) is 0 Å². The van der Waals surface area contributed by atoms with Gasteiger partial charge in [0.15, 0.2) is 0 Å². The number of carbonyl (C=O) groups is 4. The number of esters is 4. The fourth-order valence-electron chi connectivity index (χ4n) is 1.50. The molecule has 0 saturated heterocycles. The Morgan fingerprint density at radius 1 is 0.536 bits per heavy atom. The minimum atomic E-state index is -0.557. The predicted octanol–water partition coefficient (Wildman–Crippen LogP) is 0.345. The van der Waals surface area contributed by atoms with Crippen molar-refractivity contribution in [3.63, 3.8) is 0 Å². The van der Waals surface area contributed by atoms with Gasteiger partial charge in [-0.15, -0.1) is 0 Å². The summed E-state index contributed by atoms with van der Waals surface area (Å²) in [7, 11) is 0. The molecule has 0 unspecified atom stereocenters. The zero-order chi connectivity index (χ0) is 21.0. The summed E-state index contributed by atoms with van der Waals surface area (Å²) in [5.41, 5.74) is 0. The fourth-order valence-corrected chi connectivity index (χ4v) is 1.50. The molecule has 10 heteroatoms. The van der Waals surface area contributed by atoms with Crippen molar-refractivity contribution in [3.8, 4) is 0 Å². The zero-order valence-electron chi connectivity index (χ0n) is 15.7. The first-order chi connectivity index (χ1) is 13.5. The summed E-state index contributed by atoms with van der Waals surface area (Å²) < 4.78 is 29.3. The molecule has 0 rings (SSSR count). The molecule has 0 amide bonds. The highest BCUT2D eigenvalue weighted by Gasteiger charge is 2.09. The smallest absolute Gasteiger partial charge is 0.330 e. The van der Waals surface area contributed by atoms with E-state index in [1.165, 1.54) is 0 Å². The quantitative estimate of drug-likeness (QED) is 0.146. The molecule has 0 N–H and O–H groups in total. The minimum Gasteiger partial charge on any atom is -0.463 e. The Bertz CT molecular complexity index is 468. The van der Waals surface area contributed by atoms with Crippen LogP contribution in [0, 0.1) is 0 Å². The second-order valence-electron chi connectivity index (χ2n) is 4.91. The Balaban J connectivity index is 3.45. The van der Waals surface area contributed by atoms with Crippen LogP contribution in [0.5, 0.6) is 0 Å². The highest BCUT2D eigenvalue weighted by Crippen LogP contribution is 1.96. The van der Waals surface area contributed by atoms with Crippen molar-refractivity contribution in [3.05, 3.63) is 25.3 Å². The third-order valence-electron chi connectivity index (χ3n) is 2.79. The van der Waals surface area contributed by atoms with Crippen molar-refractivity contribution in [2.24, 2.45) is 0 Å². The number of hydrogen-bond donors (Lipinski definition) is 0. The van der Waals surface area contributed by atoms with Crippen LogP contribution in [0.2, 0.25) is 0 Å². The van der Waals surface area contributed by atoms with Crippen molar-refractivity contribution in [2.75, 3.05) is 52.9 Å². The van der Waals surface area contributed by atoms with E-state index in [2.05, 4.69) is 22.6 Å². The fraction of sp³-hybridized carbons (Fsp3) is 0.556. The van der Waals surface area contributed by atoms with Crippen molar-refractivity contribution < 1.29 is 47.6 Å². The summed E-state index contributed by atoms with van der Waals surface area (Å²) in [5, 5.41) is 0. The number of hydrogen-bond acceptors (Lipinski definition) is 10. The molecular weight excluding hydrogens is 376 g/mol. The normalized spacial score (nSPS) is 9.86. The van der Waals surface area contributed by atoms with Gasteiger partial charge in [0.25, 0.3) is 0 Å². The maximum atomic E-state index is 11.5. The Kier molecular flexibility index (Phi) is 16.0. The van der Waals surface area contributed by atoms with Gasteiger partial charge in [0, 0.05) is 12.2 Å². The molecule has 0 aromatic heterocycles. The van der Waals surface area contributed by atoms with E-state index in [9.17, 15) is 19.2 Å². The highest BCUT2D eigenvalue weighted by atomic mass is 16.6. The van der Waals surface area contributed by atoms with Crippen LogP contribution in [0.15, 0.2) is 25.3 Å². The van der Waals surface area contributed by atoms with Gasteiger partial charge in [-0.25, -0.2) is 9.59 Å². The molecule has 158 valence electrons. The van der Waals surface area contributed by atoms with E-state index in [4.69, 9.17) is 18.9 Å². The Morgan fingerprint density at radius 2 is 0.857 bits per heavy atom. The molecule has 0 fully saturated rings. The van der Waals surface area contributed by atoms with E-state index >= 15 is 0 Å². The molecule has 0 aromatic rings. The molecule has 0 aliphatic heterocycles. The SMILES string of the molecule is C=CC(=O)OCCOCCOC(=O)CCC(=O)OCCOCCOC(=O)C=C.